The van der Waals surface area contributed by atoms with E-state index in [-0.39, 0.29) is 5.54 Å². The lowest BCUT2D eigenvalue weighted by molar-refractivity contribution is 0.224. The van der Waals surface area contributed by atoms with Gasteiger partial charge < -0.3 is 5.32 Å². The Labute approximate surface area is 115 Å². The van der Waals surface area contributed by atoms with E-state index >= 15 is 0 Å². The average molecular weight is 267 g/mol. The molecule has 0 radical (unpaired) electrons. The van der Waals surface area contributed by atoms with E-state index in [0.717, 1.165) is 13.1 Å². The molecule has 1 saturated heterocycles. The fourth-order valence-corrected chi connectivity index (χ4v) is 3.05. The summed E-state index contributed by atoms with van der Waals surface area (Å²) in [6.07, 6.45) is 2.63. The number of rotatable bonds is 4. The van der Waals surface area contributed by atoms with Crippen molar-refractivity contribution in [3.05, 3.63) is 16.1 Å². The van der Waals surface area contributed by atoms with E-state index in [2.05, 4.69) is 48.3 Å². The molecule has 0 aromatic carbocycles. The van der Waals surface area contributed by atoms with Crippen LogP contribution in [0.5, 0.6) is 0 Å². The molecule has 1 aromatic rings. The van der Waals surface area contributed by atoms with Gasteiger partial charge in [0.25, 0.3) is 0 Å². The van der Waals surface area contributed by atoms with Crippen LogP contribution in [0, 0.1) is 6.92 Å². The Bertz CT molecular complexity index is 381. The standard InChI is InChI=1S/C14H25N3S/c1-11-16-12(10-18-11)9-17-7-5-6-13(17)8-15-14(2,3)4/h10,13,15H,5-9H2,1-4H3. The molecule has 1 fully saturated rings. The van der Waals surface area contributed by atoms with Gasteiger partial charge in [-0.05, 0) is 47.1 Å². The van der Waals surface area contributed by atoms with Gasteiger partial charge in [-0.2, -0.15) is 0 Å². The summed E-state index contributed by atoms with van der Waals surface area (Å²) in [4.78, 5) is 7.15. The monoisotopic (exact) mass is 267 g/mol. The lowest BCUT2D eigenvalue weighted by Crippen LogP contribution is -2.45. The van der Waals surface area contributed by atoms with Crippen LogP contribution in [0.2, 0.25) is 0 Å². The Morgan fingerprint density at radius 2 is 2.28 bits per heavy atom. The first-order chi connectivity index (χ1) is 8.44. The Morgan fingerprint density at radius 1 is 1.50 bits per heavy atom. The molecule has 1 aliphatic heterocycles. The van der Waals surface area contributed by atoms with Crippen molar-refractivity contribution in [1.29, 1.82) is 0 Å². The van der Waals surface area contributed by atoms with E-state index in [1.807, 2.05) is 0 Å². The Balaban J connectivity index is 1.87. The lowest BCUT2D eigenvalue weighted by atomic mass is 10.1. The first-order valence-corrected chi connectivity index (χ1v) is 7.72. The van der Waals surface area contributed by atoms with Crippen molar-refractivity contribution in [3.8, 4) is 0 Å². The molecule has 18 heavy (non-hydrogen) atoms. The minimum absolute atomic E-state index is 0.214. The van der Waals surface area contributed by atoms with Gasteiger partial charge in [0.05, 0.1) is 10.7 Å². The summed E-state index contributed by atoms with van der Waals surface area (Å²) in [5.74, 6) is 0. The quantitative estimate of drug-likeness (QED) is 0.909. The molecule has 0 bridgehead atoms. The minimum atomic E-state index is 0.214. The Hall–Kier alpha value is -0.450. The van der Waals surface area contributed by atoms with Crippen molar-refractivity contribution < 1.29 is 0 Å². The zero-order chi connectivity index (χ0) is 13.2. The van der Waals surface area contributed by atoms with Crippen LogP contribution in [0.1, 0.15) is 44.3 Å². The molecule has 1 aliphatic rings. The molecular formula is C14H25N3S. The summed E-state index contributed by atoms with van der Waals surface area (Å²) >= 11 is 1.75. The van der Waals surface area contributed by atoms with E-state index in [4.69, 9.17) is 0 Å². The fraction of sp³-hybridized carbons (Fsp3) is 0.786. The molecule has 1 aromatic heterocycles. The molecule has 0 amide bonds. The van der Waals surface area contributed by atoms with Crippen LogP contribution in [0.3, 0.4) is 0 Å². The summed E-state index contributed by atoms with van der Waals surface area (Å²) in [6.45, 7) is 12.1. The highest BCUT2D eigenvalue weighted by Gasteiger charge is 2.26. The van der Waals surface area contributed by atoms with Gasteiger partial charge >= 0.3 is 0 Å². The summed E-state index contributed by atoms with van der Waals surface area (Å²) in [7, 11) is 0. The van der Waals surface area contributed by atoms with Gasteiger partial charge in [0.15, 0.2) is 0 Å². The largest absolute Gasteiger partial charge is 0.311 e. The van der Waals surface area contributed by atoms with Gasteiger partial charge in [-0.15, -0.1) is 11.3 Å². The van der Waals surface area contributed by atoms with Crippen LogP contribution < -0.4 is 5.32 Å². The first-order valence-electron chi connectivity index (χ1n) is 6.84. The van der Waals surface area contributed by atoms with E-state index in [1.165, 1.54) is 30.1 Å². The summed E-state index contributed by atoms with van der Waals surface area (Å²) in [5.41, 5.74) is 1.45. The molecule has 2 heterocycles. The molecule has 1 N–H and O–H groups in total. The maximum Gasteiger partial charge on any atom is 0.0897 e. The number of aromatic nitrogens is 1. The summed E-state index contributed by atoms with van der Waals surface area (Å²) < 4.78 is 0. The van der Waals surface area contributed by atoms with E-state index in [1.54, 1.807) is 11.3 Å². The van der Waals surface area contributed by atoms with Gasteiger partial charge in [0.1, 0.15) is 0 Å². The van der Waals surface area contributed by atoms with Crippen LogP contribution >= 0.6 is 11.3 Å². The summed E-state index contributed by atoms with van der Waals surface area (Å²) in [6, 6.07) is 0.672. The molecule has 0 aliphatic carbocycles. The molecule has 3 nitrogen and oxygen atoms in total. The maximum atomic E-state index is 4.57. The van der Waals surface area contributed by atoms with E-state index < -0.39 is 0 Å². The van der Waals surface area contributed by atoms with E-state index in [0.29, 0.717) is 6.04 Å². The number of hydrogen-bond donors (Lipinski definition) is 1. The zero-order valence-corrected chi connectivity index (χ0v) is 12.8. The van der Waals surface area contributed by atoms with E-state index in [9.17, 15) is 0 Å². The zero-order valence-electron chi connectivity index (χ0n) is 12.0. The minimum Gasteiger partial charge on any atom is -0.311 e. The molecule has 0 spiro atoms. The third kappa shape index (κ3) is 4.04. The number of thiazole rings is 1. The highest BCUT2D eigenvalue weighted by Crippen LogP contribution is 2.21. The van der Waals surface area contributed by atoms with Crippen LogP contribution in [0.4, 0.5) is 0 Å². The predicted octanol–water partition coefficient (Wildman–Crippen LogP) is 2.80. The number of aryl methyl sites for hydroxylation is 1. The summed E-state index contributed by atoms with van der Waals surface area (Å²) in [5, 5.41) is 7.00. The van der Waals surface area contributed by atoms with Crippen molar-refractivity contribution in [2.75, 3.05) is 13.1 Å². The van der Waals surface area contributed by atoms with Gasteiger partial charge in [-0.1, -0.05) is 0 Å². The number of nitrogens with one attached hydrogen (secondary N) is 1. The second kappa shape index (κ2) is 5.68. The Morgan fingerprint density at radius 3 is 2.89 bits per heavy atom. The van der Waals surface area contributed by atoms with Crippen LogP contribution in [0.15, 0.2) is 5.38 Å². The van der Waals surface area contributed by atoms with Crippen molar-refractivity contribution in [1.82, 2.24) is 15.2 Å². The van der Waals surface area contributed by atoms with Crippen LogP contribution in [0.25, 0.3) is 0 Å². The van der Waals surface area contributed by atoms with Crippen molar-refractivity contribution in [2.24, 2.45) is 0 Å². The SMILES string of the molecule is Cc1nc(CN2CCCC2CNC(C)(C)C)cs1. The normalized spacial score (nSPS) is 21.7. The molecular weight excluding hydrogens is 242 g/mol. The second-order valence-corrected chi connectivity index (χ2v) is 7.32. The molecule has 2 rings (SSSR count). The van der Waals surface area contributed by atoms with Gasteiger partial charge in [-0.3, -0.25) is 4.90 Å². The highest BCUT2D eigenvalue weighted by atomic mass is 32.1. The molecule has 4 heteroatoms. The first kappa shape index (κ1) is 14.0. The van der Waals surface area contributed by atoms with Gasteiger partial charge in [0, 0.05) is 30.1 Å². The number of nitrogens with zero attached hydrogens (tertiary/aromatic N) is 2. The molecule has 1 unspecified atom stereocenters. The van der Waals surface area contributed by atoms with Gasteiger partial charge in [-0.25, -0.2) is 4.98 Å². The highest BCUT2D eigenvalue weighted by molar-refractivity contribution is 7.09. The molecule has 0 saturated carbocycles. The smallest absolute Gasteiger partial charge is 0.0897 e. The molecule has 102 valence electrons. The van der Waals surface area contributed by atoms with Gasteiger partial charge in [0.2, 0.25) is 0 Å². The third-order valence-electron chi connectivity index (χ3n) is 3.40. The van der Waals surface area contributed by atoms with Crippen molar-refractivity contribution >= 4 is 11.3 Å². The molecule has 1 atom stereocenters. The van der Waals surface area contributed by atoms with Crippen molar-refractivity contribution in [2.45, 2.75) is 58.7 Å². The number of likely N-dealkylation sites (tertiary alicyclic amines) is 1. The fourth-order valence-electron chi connectivity index (χ4n) is 2.45. The topological polar surface area (TPSA) is 28.2 Å². The second-order valence-electron chi connectivity index (χ2n) is 6.26. The van der Waals surface area contributed by atoms with Crippen LogP contribution in [-0.4, -0.2) is 34.6 Å². The third-order valence-corrected chi connectivity index (χ3v) is 4.22. The Kier molecular flexibility index (Phi) is 4.41. The van der Waals surface area contributed by atoms with Crippen molar-refractivity contribution in [3.63, 3.8) is 0 Å². The van der Waals surface area contributed by atoms with Crippen LogP contribution in [-0.2, 0) is 6.54 Å². The lowest BCUT2D eigenvalue weighted by Gasteiger charge is -2.28. The predicted molar refractivity (Wildman–Crippen MR) is 78.0 cm³/mol. The number of hydrogen-bond acceptors (Lipinski definition) is 4. The average Bonchev–Trinajstić information content (AvgIpc) is 2.85. The maximum absolute atomic E-state index is 4.57.